The highest BCUT2D eigenvalue weighted by Crippen LogP contribution is 2.45. The first-order valence-electron chi connectivity index (χ1n) is 5.70. The Bertz CT molecular complexity index is 452. The maximum absolute atomic E-state index is 13.8. The summed E-state index contributed by atoms with van der Waals surface area (Å²) in [6.45, 7) is 1.68. The number of aromatic hydroxyl groups is 1. The number of carboxylic acid groups (broad SMARTS) is 1. The molecule has 2 N–H and O–H groups in total. The average Bonchev–Trinajstić information content (AvgIpc) is 3.04. The number of hydrogen-bond donors (Lipinski definition) is 2. The van der Waals surface area contributed by atoms with Crippen molar-refractivity contribution in [1.82, 2.24) is 0 Å². The fourth-order valence-electron chi connectivity index (χ4n) is 2.19. The normalized spacial score (nSPS) is 16.8. The highest BCUT2D eigenvalue weighted by atomic mass is 19.1. The highest BCUT2D eigenvalue weighted by molar-refractivity contribution is 5.68. The van der Waals surface area contributed by atoms with E-state index in [0.717, 1.165) is 18.9 Å². The summed E-state index contributed by atoms with van der Waals surface area (Å²) in [7, 11) is 0. The maximum atomic E-state index is 13.8. The molecule has 3 nitrogen and oxygen atoms in total. The number of aryl methyl sites for hydroxylation is 1. The Hall–Kier alpha value is -1.58. The van der Waals surface area contributed by atoms with E-state index >= 15 is 0 Å². The molecule has 0 heterocycles. The summed E-state index contributed by atoms with van der Waals surface area (Å²) in [4.78, 5) is 10.8. The van der Waals surface area contributed by atoms with Gasteiger partial charge in [-0.25, -0.2) is 4.39 Å². The smallest absolute Gasteiger partial charge is 0.303 e. The number of phenols is 1. The number of carboxylic acids is 1. The molecule has 0 saturated heterocycles. The zero-order valence-corrected chi connectivity index (χ0v) is 9.61. The number of carbonyl (C=O) groups is 1. The Kier molecular flexibility index (Phi) is 3.05. The molecule has 1 atom stereocenters. The highest BCUT2D eigenvalue weighted by Gasteiger charge is 2.35. The van der Waals surface area contributed by atoms with Gasteiger partial charge in [0.2, 0.25) is 0 Å². The minimum atomic E-state index is -0.910. The van der Waals surface area contributed by atoms with Gasteiger partial charge >= 0.3 is 5.97 Å². The van der Waals surface area contributed by atoms with Crippen molar-refractivity contribution >= 4 is 5.97 Å². The summed E-state index contributed by atoms with van der Waals surface area (Å²) >= 11 is 0. The van der Waals surface area contributed by atoms with Crippen molar-refractivity contribution in [3.63, 3.8) is 0 Å². The lowest BCUT2D eigenvalue weighted by molar-refractivity contribution is -0.137. The molecule has 1 aliphatic carbocycles. The first-order valence-corrected chi connectivity index (χ1v) is 5.70. The van der Waals surface area contributed by atoms with Crippen LogP contribution in [0.2, 0.25) is 0 Å². The summed E-state index contributed by atoms with van der Waals surface area (Å²) < 4.78 is 13.8. The fraction of sp³-hybridized carbons (Fsp3) is 0.462. The Balaban J connectivity index is 2.35. The molecule has 17 heavy (non-hydrogen) atoms. The van der Waals surface area contributed by atoms with Crippen LogP contribution in [-0.4, -0.2) is 16.2 Å². The molecule has 1 aliphatic rings. The molecule has 1 fully saturated rings. The summed E-state index contributed by atoms with van der Waals surface area (Å²) in [6, 6.07) is 2.64. The summed E-state index contributed by atoms with van der Waals surface area (Å²) in [5.41, 5.74) is 1.00. The quantitative estimate of drug-likeness (QED) is 0.848. The van der Waals surface area contributed by atoms with Crippen LogP contribution in [-0.2, 0) is 4.79 Å². The van der Waals surface area contributed by atoms with E-state index in [4.69, 9.17) is 5.11 Å². The summed E-state index contributed by atoms with van der Waals surface area (Å²) in [6.07, 6.45) is 1.86. The van der Waals surface area contributed by atoms with Crippen LogP contribution >= 0.6 is 0 Å². The molecule has 0 amide bonds. The average molecular weight is 238 g/mol. The third-order valence-electron chi connectivity index (χ3n) is 3.30. The standard InChI is InChI=1S/C13H15FO3/c1-7-4-10(11(14)6-12(7)15)9(5-13(16)17)8-2-3-8/h4,6,8-9,15H,2-3,5H2,1H3,(H,16,17). The van der Waals surface area contributed by atoms with Crippen molar-refractivity contribution in [1.29, 1.82) is 0 Å². The molecule has 1 unspecified atom stereocenters. The number of aliphatic carboxylic acids is 1. The van der Waals surface area contributed by atoms with Gasteiger partial charge < -0.3 is 10.2 Å². The first-order chi connectivity index (χ1) is 7.99. The second-order valence-electron chi connectivity index (χ2n) is 4.70. The zero-order valence-electron chi connectivity index (χ0n) is 9.61. The van der Waals surface area contributed by atoms with Gasteiger partial charge in [0.15, 0.2) is 0 Å². The summed E-state index contributed by atoms with van der Waals surface area (Å²) in [5, 5.41) is 18.3. The number of hydrogen-bond acceptors (Lipinski definition) is 2. The molecule has 0 aromatic heterocycles. The second-order valence-corrected chi connectivity index (χ2v) is 4.70. The molecular weight excluding hydrogens is 223 g/mol. The van der Waals surface area contributed by atoms with Gasteiger partial charge in [-0.2, -0.15) is 0 Å². The van der Waals surface area contributed by atoms with Gasteiger partial charge in [0.1, 0.15) is 11.6 Å². The first kappa shape index (κ1) is 11.9. The van der Waals surface area contributed by atoms with Gasteiger partial charge in [-0.15, -0.1) is 0 Å². The Morgan fingerprint density at radius 1 is 1.53 bits per heavy atom. The minimum Gasteiger partial charge on any atom is -0.508 e. The van der Waals surface area contributed by atoms with E-state index in [2.05, 4.69) is 0 Å². The van der Waals surface area contributed by atoms with Crippen LogP contribution in [0.3, 0.4) is 0 Å². The molecule has 0 radical (unpaired) electrons. The Morgan fingerprint density at radius 2 is 2.18 bits per heavy atom. The van der Waals surface area contributed by atoms with Gasteiger partial charge in [-0.05, 0) is 42.9 Å². The fourth-order valence-corrected chi connectivity index (χ4v) is 2.19. The van der Waals surface area contributed by atoms with Gasteiger partial charge in [0, 0.05) is 12.0 Å². The van der Waals surface area contributed by atoms with E-state index in [1.165, 1.54) is 0 Å². The molecule has 0 spiro atoms. The molecule has 0 aliphatic heterocycles. The van der Waals surface area contributed by atoms with Crippen LogP contribution in [0.5, 0.6) is 5.75 Å². The van der Waals surface area contributed by atoms with E-state index in [1.54, 1.807) is 13.0 Å². The lowest BCUT2D eigenvalue weighted by atomic mass is 9.89. The number of rotatable bonds is 4. The molecule has 2 rings (SSSR count). The van der Waals surface area contributed by atoms with Crippen molar-refractivity contribution in [2.45, 2.75) is 32.1 Å². The van der Waals surface area contributed by atoms with E-state index in [0.29, 0.717) is 11.1 Å². The van der Waals surface area contributed by atoms with Crippen LogP contribution in [0.1, 0.15) is 36.3 Å². The van der Waals surface area contributed by atoms with Crippen molar-refractivity contribution in [2.24, 2.45) is 5.92 Å². The topological polar surface area (TPSA) is 57.5 Å². The SMILES string of the molecule is Cc1cc(C(CC(=O)O)C2CC2)c(F)cc1O. The largest absolute Gasteiger partial charge is 0.508 e. The van der Waals surface area contributed by atoms with Crippen LogP contribution in [0, 0.1) is 18.7 Å². The maximum Gasteiger partial charge on any atom is 0.303 e. The van der Waals surface area contributed by atoms with Crippen LogP contribution < -0.4 is 0 Å². The molecule has 92 valence electrons. The molecular formula is C13H15FO3. The molecule has 1 aromatic rings. The van der Waals surface area contributed by atoms with Crippen molar-refractivity contribution in [2.75, 3.05) is 0 Å². The molecule has 1 aromatic carbocycles. The van der Waals surface area contributed by atoms with Gasteiger partial charge in [0.05, 0.1) is 6.42 Å². The van der Waals surface area contributed by atoms with E-state index < -0.39 is 11.8 Å². The van der Waals surface area contributed by atoms with Gasteiger partial charge in [-0.1, -0.05) is 0 Å². The predicted molar refractivity (Wildman–Crippen MR) is 60.5 cm³/mol. The third kappa shape index (κ3) is 2.57. The second kappa shape index (κ2) is 4.35. The molecule has 0 bridgehead atoms. The number of benzene rings is 1. The van der Waals surface area contributed by atoms with Gasteiger partial charge in [0.25, 0.3) is 0 Å². The van der Waals surface area contributed by atoms with Crippen molar-refractivity contribution in [3.8, 4) is 5.75 Å². The van der Waals surface area contributed by atoms with E-state index in [9.17, 15) is 14.3 Å². The zero-order chi connectivity index (χ0) is 12.6. The van der Waals surface area contributed by atoms with Crippen molar-refractivity contribution in [3.05, 3.63) is 29.1 Å². The Labute approximate surface area is 98.9 Å². The minimum absolute atomic E-state index is 0.0498. The predicted octanol–water partition coefficient (Wildman–Crippen LogP) is 2.81. The molecule has 1 saturated carbocycles. The lowest BCUT2D eigenvalue weighted by Crippen LogP contribution is -2.10. The summed E-state index contributed by atoms with van der Waals surface area (Å²) in [5.74, 6) is -1.51. The van der Waals surface area contributed by atoms with Crippen LogP contribution in [0.4, 0.5) is 4.39 Å². The van der Waals surface area contributed by atoms with Crippen LogP contribution in [0.25, 0.3) is 0 Å². The van der Waals surface area contributed by atoms with Crippen molar-refractivity contribution < 1.29 is 19.4 Å². The lowest BCUT2D eigenvalue weighted by Gasteiger charge is -2.16. The number of phenolic OH excluding ortho intramolecular Hbond substituents is 1. The monoisotopic (exact) mass is 238 g/mol. The van der Waals surface area contributed by atoms with Gasteiger partial charge in [-0.3, -0.25) is 4.79 Å². The number of halogens is 1. The molecule has 4 heteroatoms. The Morgan fingerprint density at radius 3 is 2.71 bits per heavy atom. The van der Waals surface area contributed by atoms with Crippen LogP contribution in [0.15, 0.2) is 12.1 Å². The van der Waals surface area contributed by atoms with E-state index in [1.807, 2.05) is 0 Å². The third-order valence-corrected chi connectivity index (χ3v) is 3.30. The van der Waals surface area contributed by atoms with E-state index in [-0.39, 0.29) is 24.0 Å².